The summed E-state index contributed by atoms with van der Waals surface area (Å²) in [6.07, 6.45) is 3.56. The molecule has 0 aromatic heterocycles. The van der Waals surface area contributed by atoms with Crippen LogP contribution >= 0.6 is 11.8 Å². The summed E-state index contributed by atoms with van der Waals surface area (Å²) < 4.78 is 14.2. The van der Waals surface area contributed by atoms with Crippen LogP contribution in [-0.4, -0.2) is 5.84 Å². The summed E-state index contributed by atoms with van der Waals surface area (Å²) in [6.45, 7) is 0. The lowest BCUT2D eigenvalue weighted by Crippen LogP contribution is -2.14. The maximum absolute atomic E-state index is 14.2. The molecule has 0 radical (unpaired) electrons. The quantitative estimate of drug-likeness (QED) is 0.511. The van der Waals surface area contributed by atoms with Gasteiger partial charge in [0.05, 0.1) is 5.56 Å². The minimum atomic E-state index is -0.376. The number of aryl methyl sites for hydroxylation is 2. The fraction of sp³-hybridized carbons (Fsp3) is 0.235. The molecule has 3 N–H and O–H groups in total. The fourth-order valence-electron chi connectivity index (χ4n) is 2.70. The lowest BCUT2D eigenvalue weighted by Gasteiger charge is -2.08. The summed E-state index contributed by atoms with van der Waals surface area (Å²) in [7, 11) is 0. The van der Waals surface area contributed by atoms with Crippen molar-refractivity contribution in [3.8, 4) is 0 Å². The van der Waals surface area contributed by atoms with Crippen LogP contribution in [0.15, 0.2) is 41.3 Å². The highest BCUT2D eigenvalue weighted by Crippen LogP contribution is 2.30. The summed E-state index contributed by atoms with van der Waals surface area (Å²) in [5.41, 5.74) is 9.04. The van der Waals surface area contributed by atoms with E-state index in [2.05, 4.69) is 18.2 Å². The second-order valence-corrected chi connectivity index (χ2v) is 6.31. The van der Waals surface area contributed by atoms with Crippen molar-refractivity contribution < 1.29 is 4.39 Å². The molecule has 0 saturated carbocycles. The van der Waals surface area contributed by atoms with Crippen molar-refractivity contribution in [3.05, 3.63) is 64.5 Å². The molecule has 0 fully saturated rings. The Labute approximate surface area is 128 Å². The first-order chi connectivity index (χ1) is 10.1. The molecule has 0 amide bonds. The van der Waals surface area contributed by atoms with E-state index in [9.17, 15) is 4.39 Å². The Morgan fingerprint density at radius 1 is 1.19 bits per heavy atom. The molecule has 0 unspecified atom stereocenters. The summed E-state index contributed by atoms with van der Waals surface area (Å²) in [5, 5.41) is 7.38. The molecular weight excluding hydrogens is 283 g/mol. The second kappa shape index (κ2) is 5.90. The number of hydrogen-bond acceptors (Lipinski definition) is 2. The molecule has 0 atom stereocenters. The van der Waals surface area contributed by atoms with Gasteiger partial charge in [-0.15, -0.1) is 11.8 Å². The molecule has 0 bridgehead atoms. The van der Waals surface area contributed by atoms with Gasteiger partial charge < -0.3 is 5.73 Å². The van der Waals surface area contributed by atoms with Crippen LogP contribution in [0.5, 0.6) is 0 Å². The van der Waals surface area contributed by atoms with Crippen LogP contribution in [0.4, 0.5) is 4.39 Å². The van der Waals surface area contributed by atoms with Gasteiger partial charge in [-0.1, -0.05) is 18.2 Å². The van der Waals surface area contributed by atoms with Crippen molar-refractivity contribution in [1.29, 1.82) is 5.41 Å². The van der Waals surface area contributed by atoms with Gasteiger partial charge in [-0.05, 0) is 54.2 Å². The van der Waals surface area contributed by atoms with Crippen LogP contribution in [-0.2, 0) is 18.6 Å². The Balaban J connectivity index is 1.76. The number of nitrogens with one attached hydrogen (secondary N) is 1. The lowest BCUT2D eigenvalue weighted by molar-refractivity contribution is 0.614. The van der Waals surface area contributed by atoms with Crippen molar-refractivity contribution in [2.45, 2.75) is 29.9 Å². The van der Waals surface area contributed by atoms with Crippen LogP contribution in [0.1, 0.15) is 28.7 Å². The van der Waals surface area contributed by atoms with Crippen LogP contribution in [0.2, 0.25) is 0 Å². The average molecular weight is 300 g/mol. The third-order valence-electron chi connectivity index (χ3n) is 3.83. The standard InChI is InChI=1S/C17H17FN2S/c18-16-13(5-2-6-15(16)17(19)20)10-21-14-8-7-11-3-1-4-12(11)9-14/h2,5-9H,1,3-4,10H2,(H3,19,20). The van der Waals surface area contributed by atoms with Gasteiger partial charge in [-0.2, -0.15) is 0 Å². The van der Waals surface area contributed by atoms with Gasteiger partial charge in [0, 0.05) is 10.6 Å². The smallest absolute Gasteiger partial charge is 0.138 e. The van der Waals surface area contributed by atoms with Gasteiger partial charge in [0.1, 0.15) is 11.7 Å². The summed E-state index contributed by atoms with van der Waals surface area (Å²) >= 11 is 1.62. The zero-order valence-corrected chi connectivity index (χ0v) is 12.5. The van der Waals surface area contributed by atoms with Crippen LogP contribution < -0.4 is 5.73 Å². The van der Waals surface area contributed by atoms with Gasteiger partial charge in [0.25, 0.3) is 0 Å². The number of hydrogen-bond donors (Lipinski definition) is 2. The third-order valence-corrected chi connectivity index (χ3v) is 4.88. The Morgan fingerprint density at radius 3 is 2.81 bits per heavy atom. The summed E-state index contributed by atoms with van der Waals surface area (Å²) in [6, 6.07) is 11.6. The summed E-state index contributed by atoms with van der Waals surface area (Å²) in [4.78, 5) is 1.17. The van der Waals surface area contributed by atoms with Gasteiger partial charge >= 0.3 is 0 Å². The van der Waals surface area contributed by atoms with Gasteiger partial charge in [-0.3, -0.25) is 5.41 Å². The highest BCUT2D eigenvalue weighted by molar-refractivity contribution is 7.98. The molecule has 4 heteroatoms. The predicted molar refractivity (Wildman–Crippen MR) is 85.4 cm³/mol. The Hall–Kier alpha value is -1.81. The van der Waals surface area contributed by atoms with E-state index in [0.29, 0.717) is 11.3 Å². The molecule has 0 heterocycles. The zero-order chi connectivity index (χ0) is 14.8. The number of nitrogens with two attached hydrogens (primary N) is 1. The average Bonchev–Trinajstić information content (AvgIpc) is 2.93. The lowest BCUT2D eigenvalue weighted by atomic mass is 10.1. The number of fused-ring (bicyclic) bond motifs is 1. The molecule has 2 nitrogen and oxygen atoms in total. The largest absolute Gasteiger partial charge is 0.384 e. The minimum Gasteiger partial charge on any atom is -0.384 e. The molecule has 108 valence electrons. The first-order valence-corrected chi connectivity index (χ1v) is 8.00. The molecule has 3 rings (SSSR count). The van der Waals surface area contributed by atoms with Crippen molar-refractivity contribution in [3.63, 3.8) is 0 Å². The van der Waals surface area contributed by atoms with Gasteiger partial charge in [0.2, 0.25) is 0 Å². The first kappa shape index (κ1) is 14.1. The molecule has 2 aromatic carbocycles. The summed E-state index contributed by atoms with van der Waals surface area (Å²) in [5.74, 6) is -0.0540. The maximum atomic E-state index is 14.2. The maximum Gasteiger partial charge on any atom is 0.138 e. The molecule has 1 aliphatic rings. The van der Waals surface area contributed by atoms with E-state index in [4.69, 9.17) is 11.1 Å². The Bertz CT molecular complexity index is 697. The van der Waals surface area contributed by atoms with Crippen molar-refractivity contribution in [1.82, 2.24) is 0 Å². The van der Waals surface area contributed by atoms with E-state index in [-0.39, 0.29) is 17.2 Å². The Kier molecular flexibility index (Phi) is 3.97. The van der Waals surface area contributed by atoms with Crippen molar-refractivity contribution in [2.24, 2.45) is 5.73 Å². The van der Waals surface area contributed by atoms with Gasteiger partial charge in [-0.25, -0.2) is 4.39 Å². The Morgan fingerprint density at radius 2 is 2.00 bits per heavy atom. The molecule has 0 saturated heterocycles. The van der Waals surface area contributed by atoms with Crippen LogP contribution in [0, 0.1) is 11.2 Å². The fourth-order valence-corrected chi connectivity index (χ4v) is 3.63. The molecule has 21 heavy (non-hydrogen) atoms. The molecule has 2 aromatic rings. The molecule has 1 aliphatic carbocycles. The molecule has 0 aliphatic heterocycles. The number of rotatable bonds is 4. The minimum absolute atomic E-state index is 0.182. The number of thioether (sulfide) groups is 1. The monoisotopic (exact) mass is 300 g/mol. The first-order valence-electron chi connectivity index (χ1n) is 7.01. The molecule has 0 spiro atoms. The van der Waals surface area contributed by atoms with E-state index in [1.165, 1.54) is 28.9 Å². The predicted octanol–water partition coefficient (Wildman–Crippen LogP) is 3.89. The van der Waals surface area contributed by atoms with Crippen LogP contribution in [0.25, 0.3) is 0 Å². The van der Waals surface area contributed by atoms with E-state index >= 15 is 0 Å². The SMILES string of the molecule is N=C(N)c1cccc(CSc2ccc3c(c2)CCC3)c1F. The van der Waals surface area contributed by atoms with E-state index in [1.807, 2.05) is 0 Å². The number of halogens is 1. The van der Waals surface area contributed by atoms with E-state index in [0.717, 1.165) is 6.42 Å². The number of amidine groups is 1. The highest BCUT2D eigenvalue weighted by atomic mass is 32.2. The van der Waals surface area contributed by atoms with E-state index in [1.54, 1.807) is 30.0 Å². The zero-order valence-electron chi connectivity index (χ0n) is 11.7. The van der Waals surface area contributed by atoms with Gasteiger partial charge in [0.15, 0.2) is 0 Å². The third kappa shape index (κ3) is 2.95. The van der Waals surface area contributed by atoms with Crippen molar-refractivity contribution in [2.75, 3.05) is 0 Å². The second-order valence-electron chi connectivity index (χ2n) is 5.27. The molecular formula is C17H17FN2S. The normalized spacial score (nSPS) is 13.2. The number of nitrogen functional groups attached to an aromatic ring is 1. The van der Waals surface area contributed by atoms with Crippen molar-refractivity contribution >= 4 is 17.6 Å². The highest BCUT2D eigenvalue weighted by Gasteiger charge is 2.13. The number of benzene rings is 2. The van der Waals surface area contributed by atoms with Crippen LogP contribution in [0.3, 0.4) is 0 Å². The van der Waals surface area contributed by atoms with E-state index < -0.39 is 0 Å². The topological polar surface area (TPSA) is 49.9 Å².